The monoisotopic (exact) mass is 311 g/mol. The SMILES string of the molecule is CCC(N)C(SCc1ccccc1Cl)c1ccsc1. The molecule has 0 saturated heterocycles. The van der Waals surface area contributed by atoms with Gasteiger partial charge in [-0.3, -0.25) is 0 Å². The van der Waals surface area contributed by atoms with Crippen LogP contribution in [0.2, 0.25) is 5.02 Å². The van der Waals surface area contributed by atoms with Gasteiger partial charge in [0, 0.05) is 22.1 Å². The van der Waals surface area contributed by atoms with Crippen LogP contribution in [0.1, 0.15) is 29.7 Å². The molecular weight excluding hydrogens is 294 g/mol. The number of rotatable bonds is 6. The molecule has 1 aromatic heterocycles. The molecule has 19 heavy (non-hydrogen) atoms. The Labute approximate surface area is 128 Å². The van der Waals surface area contributed by atoms with E-state index in [0.717, 1.165) is 17.2 Å². The van der Waals surface area contributed by atoms with E-state index >= 15 is 0 Å². The molecule has 0 spiro atoms. The Morgan fingerprint density at radius 3 is 2.74 bits per heavy atom. The first-order valence-corrected chi connectivity index (χ1v) is 8.72. The molecule has 2 atom stereocenters. The van der Waals surface area contributed by atoms with Crippen molar-refractivity contribution >= 4 is 34.7 Å². The molecule has 0 amide bonds. The van der Waals surface area contributed by atoms with Crippen molar-refractivity contribution in [3.05, 3.63) is 57.2 Å². The van der Waals surface area contributed by atoms with Gasteiger partial charge in [-0.05, 0) is 40.4 Å². The summed E-state index contributed by atoms with van der Waals surface area (Å²) in [4.78, 5) is 0. The van der Waals surface area contributed by atoms with Crippen LogP contribution in [0.15, 0.2) is 41.1 Å². The molecule has 1 nitrogen and oxygen atoms in total. The topological polar surface area (TPSA) is 26.0 Å². The van der Waals surface area contributed by atoms with E-state index in [0.29, 0.717) is 5.25 Å². The van der Waals surface area contributed by atoms with Crippen molar-refractivity contribution in [3.63, 3.8) is 0 Å². The molecule has 2 aromatic rings. The highest BCUT2D eigenvalue weighted by molar-refractivity contribution is 7.98. The normalized spacial score (nSPS) is 14.3. The maximum absolute atomic E-state index is 6.26. The Hall–Kier alpha value is -0.480. The van der Waals surface area contributed by atoms with Crippen molar-refractivity contribution < 1.29 is 0 Å². The lowest BCUT2D eigenvalue weighted by Gasteiger charge is -2.22. The number of benzene rings is 1. The Kier molecular flexibility index (Phi) is 5.76. The second-order valence-corrected chi connectivity index (χ2v) is 6.77. The van der Waals surface area contributed by atoms with Gasteiger partial charge in [0.2, 0.25) is 0 Å². The van der Waals surface area contributed by atoms with Crippen LogP contribution in [0.25, 0.3) is 0 Å². The van der Waals surface area contributed by atoms with Crippen molar-refractivity contribution in [1.29, 1.82) is 0 Å². The van der Waals surface area contributed by atoms with Gasteiger partial charge < -0.3 is 5.73 Å². The summed E-state index contributed by atoms with van der Waals surface area (Å²) in [6.07, 6.45) is 0.982. The molecule has 2 rings (SSSR count). The van der Waals surface area contributed by atoms with Crippen molar-refractivity contribution in [2.75, 3.05) is 0 Å². The van der Waals surface area contributed by atoms with Crippen LogP contribution >= 0.6 is 34.7 Å². The van der Waals surface area contributed by atoms with E-state index < -0.39 is 0 Å². The first-order valence-electron chi connectivity index (χ1n) is 6.35. The summed E-state index contributed by atoms with van der Waals surface area (Å²) in [5.41, 5.74) is 8.77. The predicted octanol–water partition coefficient (Wildman–Crippen LogP) is 5.11. The van der Waals surface area contributed by atoms with Gasteiger partial charge in [0.15, 0.2) is 0 Å². The van der Waals surface area contributed by atoms with Crippen LogP contribution in [0.3, 0.4) is 0 Å². The predicted molar refractivity (Wildman–Crippen MR) is 88.1 cm³/mol. The molecule has 1 aromatic carbocycles. The average Bonchev–Trinajstić information content (AvgIpc) is 2.94. The second kappa shape index (κ2) is 7.34. The first-order chi connectivity index (χ1) is 9.22. The summed E-state index contributed by atoms with van der Waals surface area (Å²) in [6, 6.07) is 10.4. The third-order valence-electron chi connectivity index (χ3n) is 3.11. The summed E-state index contributed by atoms with van der Waals surface area (Å²) in [6.45, 7) is 2.14. The molecule has 0 aliphatic carbocycles. The molecule has 1 heterocycles. The van der Waals surface area contributed by atoms with Crippen molar-refractivity contribution in [1.82, 2.24) is 0 Å². The highest BCUT2D eigenvalue weighted by Crippen LogP contribution is 2.36. The lowest BCUT2D eigenvalue weighted by molar-refractivity contribution is 0.635. The Bertz CT molecular complexity index is 499. The number of nitrogens with two attached hydrogens (primary N) is 1. The number of hydrogen-bond donors (Lipinski definition) is 1. The number of thioether (sulfide) groups is 1. The van der Waals surface area contributed by atoms with Crippen LogP contribution in [-0.4, -0.2) is 6.04 Å². The fourth-order valence-corrected chi connectivity index (χ4v) is 4.37. The fraction of sp³-hybridized carbons (Fsp3) is 0.333. The third kappa shape index (κ3) is 3.99. The second-order valence-electron chi connectivity index (χ2n) is 4.45. The van der Waals surface area contributed by atoms with Gasteiger partial charge >= 0.3 is 0 Å². The quantitative estimate of drug-likeness (QED) is 0.802. The molecule has 4 heteroatoms. The molecular formula is C15H18ClNS2. The molecule has 0 aliphatic rings. The van der Waals surface area contributed by atoms with E-state index in [1.54, 1.807) is 11.3 Å². The summed E-state index contributed by atoms with van der Waals surface area (Å²) in [5.74, 6) is 0.897. The summed E-state index contributed by atoms with van der Waals surface area (Å²) in [7, 11) is 0. The van der Waals surface area contributed by atoms with E-state index in [9.17, 15) is 0 Å². The highest BCUT2D eigenvalue weighted by atomic mass is 35.5. The van der Waals surface area contributed by atoms with Crippen LogP contribution in [0.5, 0.6) is 0 Å². The smallest absolute Gasteiger partial charge is 0.0459 e. The minimum absolute atomic E-state index is 0.182. The third-order valence-corrected chi connectivity index (χ3v) is 5.64. The van der Waals surface area contributed by atoms with Crippen LogP contribution in [-0.2, 0) is 5.75 Å². The standard InChI is InChI=1S/C15H18ClNS2/c1-2-14(17)15(12-7-8-18-9-12)19-10-11-5-3-4-6-13(11)16/h3-9,14-15H,2,10,17H2,1H3. The fourth-order valence-electron chi connectivity index (χ4n) is 1.91. The van der Waals surface area contributed by atoms with Gasteiger partial charge in [0.1, 0.15) is 0 Å². The molecule has 0 bridgehead atoms. The molecule has 0 aliphatic heterocycles. The van der Waals surface area contributed by atoms with Crippen molar-refractivity contribution in [2.45, 2.75) is 30.4 Å². The molecule has 2 N–H and O–H groups in total. The van der Waals surface area contributed by atoms with Gasteiger partial charge in [0.25, 0.3) is 0 Å². The maximum Gasteiger partial charge on any atom is 0.0459 e. The zero-order valence-corrected chi connectivity index (χ0v) is 13.3. The van der Waals surface area contributed by atoms with E-state index in [2.05, 4.69) is 29.8 Å². The van der Waals surface area contributed by atoms with Gasteiger partial charge in [-0.15, -0.1) is 11.8 Å². The van der Waals surface area contributed by atoms with Gasteiger partial charge in [-0.2, -0.15) is 11.3 Å². The summed E-state index contributed by atoms with van der Waals surface area (Å²) >= 11 is 9.81. The highest BCUT2D eigenvalue weighted by Gasteiger charge is 2.19. The largest absolute Gasteiger partial charge is 0.326 e. The zero-order valence-electron chi connectivity index (χ0n) is 10.9. The molecule has 0 saturated carbocycles. The number of halogens is 1. The summed E-state index contributed by atoms with van der Waals surface area (Å²) < 4.78 is 0. The van der Waals surface area contributed by atoms with E-state index in [1.165, 1.54) is 11.1 Å². The Balaban J connectivity index is 2.07. The number of thiophene rings is 1. The lowest BCUT2D eigenvalue weighted by atomic mass is 10.1. The van der Waals surface area contributed by atoms with Crippen LogP contribution in [0.4, 0.5) is 0 Å². The molecule has 0 radical (unpaired) electrons. The van der Waals surface area contributed by atoms with E-state index in [-0.39, 0.29) is 6.04 Å². The number of hydrogen-bond acceptors (Lipinski definition) is 3. The zero-order chi connectivity index (χ0) is 13.7. The minimum Gasteiger partial charge on any atom is -0.326 e. The molecule has 0 fully saturated rings. The van der Waals surface area contributed by atoms with Crippen LogP contribution in [0, 0.1) is 0 Å². The Morgan fingerprint density at radius 1 is 1.32 bits per heavy atom. The molecule has 102 valence electrons. The van der Waals surface area contributed by atoms with E-state index in [4.69, 9.17) is 17.3 Å². The van der Waals surface area contributed by atoms with Gasteiger partial charge in [-0.25, -0.2) is 0 Å². The van der Waals surface area contributed by atoms with Gasteiger partial charge in [0.05, 0.1) is 0 Å². The van der Waals surface area contributed by atoms with Crippen molar-refractivity contribution in [2.24, 2.45) is 5.73 Å². The van der Waals surface area contributed by atoms with Gasteiger partial charge in [-0.1, -0.05) is 36.7 Å². The minimum atomic E-state index is 0.182. The Morgan fingerprint density at radius 2 is 2.11 bits per heavy atom. The average molecular weight is 312 g/mol. The summed E-state index contributed by atoms with van der Waals surface area (Å²) in [5, 5.41) is 5.48. The van der Waals surface area contributed by atoms with E-state index in [1.807, 2.05) is 30.0 Å². The lowest BCUT2D eigenvalue weighted by Crippen LogP contribution is -2.25. The van der Waals surface area contributed by atoms with Crippen LogP contribution < -0.4 is 5.73 Å². The first kappa shape index (κ1) is 14.9. The maximum atomic E-state index is 6.26. The molecule has 2 unspecified atom stereocenters. The van der Waals surface area contributed by atoms with Crippen molar-refractivity contribution in [3.8, 4) is 0 Å².